The SMILES string of the molecule is Cc1[nH]nc(CNC2CC2)c1S(=O)(=O)NC(C)C. The van der Waals surface area contributed by atoms with Crippen LogP contribution in [-0.2, 0) is 16.6 Å². The van der Waals surface area contributed by atoms with Crippen molar-refractivity contribution < 1.29 is 8.42 Å². The van der Waals surface area contributed by atoms with E-state index in [1.807, 2.05) is 0 Å². The van der Waals surface area contributed by atoms with Crippen molar-refractivity contribution in [3.63, 3.8) is 0 Å². The van der Waals surface area contributed by atoms with E-state index >= 15 is 0 Å². The molecule has 1 aliphatic carbocycles. The van der Waals surface area contributed by atoms with Crippen LogP contribution < -0.4 is 10.0 Å². The van der Waals surface area contributed by atoms with Crippen molar-refractivity contribution >= 4 is 10.0 Å². The Balaban J connectivity index is 2.21. The molecule has 0 radical (unpaired) electrons. The van der Waals surface area contributed by atoms with Gasteiger partial charge >= 0.3 is 0 Å². The first kappa shape index (κ1) is 13.5. The summed E-state index contributed by atoms with van der Waals surface area (Å²) in [4.78, 5) is 0.282. The van der Waals surface area contributed by atoms with E-state index in [-0.39, 0.29) is 10.9 Å². The van der Waals surface area contributed by atoms with Gasteiger partial charge in [0.15, 0.2) is 0 Å². The maximum absolute atomic E-state index is 12.2. The zero-order valence-corrected chi connectivity index (χ0v) is 11.8. The van der Waals surface area contributed by atoms with Crippen molar-refractivity contribution in [3.8, 4) is 0 Å². The smallest absolute Gasteiger partial charge is 0.244 e. The number of H-pyrrole nitrogens is 1. The summed E-state index contributed by atoms with van der Waals surface area (Å²) in [5, 5.41) is 10.1. The second kappa shape index (κ2) is 4.99. The van der Waals surface area contributed by atoms with Crippen LogP contribution in [0.25, 0.3) is 0 Å². The first-order chi connectivity index (χ1) is 8.40. The lowest BCUT2D eigenvalue weighted by atomic mass is 10.3. The molecule has 6 nitrogen and oxygen atoms in total. The average molecular weight is 272 g/mol. The van der Waals surface area contributed by atoms with Crippen molar-refractivity contribution in [1.82, 2.24) is 20.2 Å². The van der Waals surface area contributed by atoms with Crippen LogP contribution in [0.2, 0.25) is 0 Å². The van der Waals surface area contributed by atoms with Crippen LogP contribution in [0.4, 0.5) is 0 Å². The van der Waals surface area contributed by atoms with Gasteiger partial charge < -0.3 is 5.32 Å². The molecule has 1 aromatic heterocycles. The zero-order chi connectivity index (χ0) is 13.3. The number of rotatable bonds is 6. The van der Waals surface area contributed by atoms with Crippen molar-refractivity contribution in [2.75, 3.05) is 0 Å². The number of aryl methyl sites for hydroxylation is 1. The lowest BCUT2D eigenvalue weighted by Crippen LogP contribution is -2.31. The lowest BCUT2D eigenvalue weighted by Gasteiger charge is -2.10. The maximum Gasteiger partial charge on any atom is 0.244 e. The minimum Gasteiger partial charge on any atom is -0.308 e. The van der Waals surface area contributed by atoms with Gasteiger partial charge in [-0.2, -0.15) is 5.10 Å². The van der Waals surface area contributed by atoms with Crippen molar-refractivity contribution in [2.24, 2.45) is 0 Å². The van der Waals surface area contributed by atoms with Crippen LogP contribution in [-0.4, -0.2) is 30.7 Å². The Hall–Kier alpha value is -0.920. The molecule has 102 valence electrons. The van der Waals surface area contributed by atoms with Gasteiger partial charge in [0.2, 0.25) is 10.0 Å². The Morgan fingerprint density at radius 3 is 2.67 bits per heavy atom. The molecule has 0 unspecified atom stereocenters. The van der Waals surface area contributed by atoms with Gasteiger partial charge in [0.25, 0.3) is 0 Å². The minimum atomic E-state index is -3.49. The van der Waals surface area contributed by atoms with Crippen LogP contribution in [0.1, 0.15) is 38.1 Å². The standard InChI is InChI=1S/C11H20N4O2S/c1-7(2)15-18(16,17)11-8(3)13-14-10(11)6-12-9-4-5-9/h7,9,12,15H,4-6H2,1-3H3,(H,13,14). The Morgan fingerprint density at radius 2 is 2.11 bits per heavy atom. The quantitative estimate of drug-likeness (QED) is 0.710. The Bertz CT molecular complexity index is 517. The fraction of sp³-hybridized carbons (Fsp3) is 0.727. The van der Waals surface area contributed by atoms with Gasteiger partial charge in [0.05, 0.1) is 11.4 Å². The predicted molar refractivity (Wildman–Crippen MR) is 68.6 cm³/mol. The van der Waals surface area contributed by atoms with E-state index in [0.29, 0.717) is 24.0 Å². The predicted octanol–water partition coefficient (Wildman–Crippen LogP) is 0.657. The topological polar surface area (TPSA) is 86.9 Å². The number of sulfonamides is 1. The molecule has 0 bridgehead atoms. The third-order valence-corrected chi connectivity index (χ3v) is 4.62. The summed E-state index contributed by atoms with van der Waals surface area (Å²) in [5.41, 5.74) is 1.14. The van der Waals surface area contributed by atoms with Crippen LogP contribution in [0.15, 0.2) is 4.90 Å². The molecule has 1 aromatic rings. The molecular weight excluding hydrogens is 252 g/mol. The number of aromatic nitrogens is 2. The number of aromatic amines is 1. The number of hydrogen-bond donors (Lipinski definition) is 3. The van der Waals surface area contributed by atoms with Gasteiger partial charge in [0.1, 0.15) is 4.90 Å². The number of hydrogen-bond acceptors (Lipinski definition) is 4. The second-order valence-corrected chi connectivity index (χ2v) is 6.71. The highest BCUT2D eigenvalue weighted by Gasteiger charge is 2.27. The van der Waals surface area contributed by atoms with E-state index in [2.05, 4.69) is 20.2 Å². The summed E-state index contributed by atoms with van der Waals surface area (Å²) in [6, 6.07) is 0.393. The summed E-state index contributed by atoms with van der Waals surface area (Å²) in [7, 11) is -3.49. The van der Waals surface area contributed by atoms with E-state index < -0.39 is 10.0 Å². The third-order valence-electron chi connectivity index (χ3n) is 2.76. The van der Waals surface area contributed by atoms with Crippen molar-refractivity contribution in [1.29, 1.82) is 0 Å². The number of nitrogens with one attached hydrogen (secondary N) is 3. The van der Waals surface area contributed by atoms with Gasteiger partial charge in [-0.05, 0) is 33.6 Å². The van der Waals surface area contributed by atoms with E-state index in [4.69, 9.17) is 0 Å². The van der Waals surface area contributed by atoms with Crippen LogP contribution in [0.3, 0.4) is 0 Å². The largest absolute Gasteiger partial charge is 0.308 e. The van der Waals surface area contributed by atoms with Gasteiger partial charge in [0, 0.05) is 18.6 Å². The van der Waals surface area contributed by atoms with E-state index in [0.717, 1.165) is 12.8 Å². The molecule has 7 heteroatoms. The normalized spacial score (nSPS) is 16.4. The first-order valence-electron chi connectivity index (χ1n) is 6.19. The van der Waals surface area contributed by atoms with Gasteiger partial charge in [-0.25, -0.2) is 13.1 Å². The summed E-state index contributed by atoms with van der Waals surface area (Å²) in [5.74, 6) is 0. The third kappa shape index (κ3) is 3.09. The lowest BCUT2D eigenvalue weighted by molar-refractivity contribution is 0.566. The molecule has 0 aromatic carbocycles. The molecule has 1 aliphatic rings. The Morgan fingerprint density at radius 1 is 1.44 bits per heavy atom. The summed E-state index contributed by atoms with van der Waals surface area (Å²) in [6.07, 6.45) is 2.32. The molecule has 18 heavy (non-hydrogen) atoms. The molecule has 0 saturated heterocycles. The molecule has 1 fully saturated rings. The highest BCUT2D eigenvalue weighted by atomic mass is 32.2. The molecular formula is C11H20N4O2S. The number of nitrogens with zero attached hydrogens (tertiary/aromatic N) is 1. The maximum atomic E-state index is 12.2. The molecule has 2 rings (SSSR count). The van der Waals surface area contributed by atoms with Gasteiger partial charge in [-0.1, -0.05) is 0 Å². The van der Waals surface area contributed by atoms with E-state index in [9.17, 15) is 8.42 Å². The molecule has 0 amide bonds. The summed E-state index contributed by atoms with van der Waals surface area (Å²) >= 11 is 0. The molecule has 1 heterocycles. The fourth-order valence-corrected chi connectivity index (χ4v) is 3.46. The van der Waals surface area contributed by atoms with E-state index in [1.54, 1.807) is 20.8 Å². The fourth-order valence-electron chi connectivity index (χ4n) is 1.84. The van der Waals surface area contributed by atoms with E-state index in [1.165, 1.54) is 0 Å². The van der Waals surface area contributed by atoms with Crippen LogP contribution >= 0.6 is 0 Å². The molecule has 0 atom stereocenters. The Kier molecular flexibility index (Phi) is 3.74. The van der Waals surface area contributed by atoms with Crippen LogP contribution in [0.5, 0.6) is 0 Å². The highest BCUT2D eigenvalue weighted by molar-refractivity contribution is 7.89. The van der Waals surface area contributed by atoms with Crippen molar-refractivity contribution in [3.05, 3.63) is 11.4 Å². The molecule has 0 spiro atoms. The molecule has 1 saturated carbocycles. The molecule has 3 N–H and O–H groups in total. The zero-order valence-electron chi connectivity index (χ0n) is 10.9. The second-order valence-electron chi connectivity index (χ2n) is 5.06. The Labute approximate surface area is 108 Å². The summed E-state index contributed by atoms with van der Waals surface area (Å²) < 4.78 is 27.0. The first-order valence-corrected chi connectivity index (χ1v) is 7.68. The van der Waals surface area contributed by atoms with Gasteiger partial charge in [-0.3, -0.25) is 5.10 Å². The average Bonchev–Trinajstić information content (AvgIpc) is 2.97. The van der Waals surface area contributed by atoms with Crippen molar-refractivity contribution in [2.45, 2.75) is 57.1 Å². The van der Waals surface area contributed by atoms with Gasteiger partial charge in [-0.15, -0.1) is 0 Å². The highest BCUT2D eigenvalue weighted by Crippen LogP contribution is 2.22. The monoisotopic (exact) mass is 272 g/mol. The minimum absolute atomic E-state index is 0.131. The van der Waals surface area contributed by atoms with Crippen LogP contribution in [0, 0.1) is 6.92 Å². The molecule has 0 aliphatic heterocycles. The summed E-state index contributed by atoms with van der Waals surface area (Å²) in [6.45, 7) is 5.82.